The van der Waals surface area contributed by atoms with Gasteiger partial charge in [-0.05, 0) is 37.0 Å². The molecule has 11 heteroatoms. The molecule has 1 aromatic rings. The summed E-state index contributed by atoms with van der Waals surface area (Å²) in [7, 11) is -4.82. The number of benzene rings is 1. The molecule has 0 fully saturated rings. The molecule has 0 spiro atoms. The standard InChI is InChI=1S/C18H33NO7S2Si/c1-6-13-19(14-7-15-27(5,20)21)28(22,23)18-10-8-17(9-11-18)12-16-29(24-2,25-3)26-4/h8-11H,6-7,12-16H2,1-5H3. The first kappa shape index (κ1) is 26.2. The number of hydrogen-bond donors (Lipinski definition) is 0. The van der Waals surface area contributed by atoms with E-state index in [0.29, 0.717) is 25.4 Å². The zero-order chi connectivity index (χ0) is 22.1. The Labute approximate surface area is 176 Å². The van der Waals surface area contributed by atoms with Crippen molar-refractivity contribution in [2.24, 2.45) is 0 Å². The molecular weight excluding hydrogens is 434 g/mol. The van der Waals surface area contributed by atoms with E-state index < -0.39 is 28.7 Å². The summed E-state index contributed by atoms with van der Waals surface area (Å²) in [4.78, 5) is 0.197. The third kappa shape index (κ3) is 8.08. The van der Waals surface area contributed by atoms with Gasteiger partial charge in [-0.1, -0.05) is 19.1 Å². The van der Waals surface area contributed by atoms with Crippen LogP contribution in [0.25, 0.3) is 0 Å². The van der Waals surface area contributed by atoms with E-state index in [1.54, 1.807) is 45.6 Å². The van der Waals surface area contributed by atoms with Crippen LogP contribution in [0.4, 0.5) is 0 Å². The Bertz CT molecular complexity index is 814. The first-order valence-electron chi connectivity index (χ1n) is 9.46. The van der Waals surface area contributed by atoms with Crippen LogP contribution in [-0.4, -0.2) is 76.4 Å². The molecule has 1 rings (SSSR count). The molecule has 8 nitrogen and oxygen atoms in total. The van der Waals surface area contributed by atoms with Crippen molar-refractivity contribution in [1.29, 1.82) is 0 Å². The van der Waals surface area contributed by atoms with Gasteiger partial charge in [0.15, 0.2) is 0 Å². The first-order valence-corrected chi connectivity index (χ1v) is 14.9. The quantitative estimate of drug-likeness (QED) is 0.386. The third-order valence-corrected chi connectivity index (χ3v) is 10.3. The summed E-state index contributed by atoms with van der Waals surface area (Å²) in [5.74, 6) is -0.0359. The van der Waals surface area contributed by atoms with Crippen LogP contribution in [0.3, 0.4) is 0 Å². The van der Waals surface area contributed by atoms with Crippen LogP contribution in [-0.2, 0) is 39.6 Å². The maximum Gasteiger partial charge on any atom is 0.500 e. The van der Waals surface area contributed by atoms with Crippen LogP contribution in [0, 0.1) is 0 Å². The summed E-state index contributed by atoms with van der Waals surface area (Å²) in [6, 6.07) is 7.29. The fourth-order valence-corrected chi connectivity index (χ4v) is 6.87. The van der Waals surface area contributed by atoms with E-state index in [4.69, 9.17) is 13.3 Å². The maximum absolute atomic E-state index is 13.0. The first-order chi connectivity index (χ1) is 13.5. The number of sulfone groups is 1. The highest BCUT2D eigenvalue weighted by Crippen LogP contribution is 2.20. The van der Waals surface area contributed by atoms with Crippen molar-refractivity contribution in [2.75, 3.05) is 46.4 Å². The van der Waals surface area contributed by atoms with Gasteiger partial charge >= 0.3 is 8.80 Å². The second-order valence-electron chi connectivity index (χ2n) is 6.83. The molecular formula is C18H33NO7S2Si. The molecule has 0 aromatic heterocycles. The lowest BCUT2D eigenvalue weighted by Gasteiger charge is -2.24. The minimum Gasteiger partial charge on any atom is -0.377 e. The Morgan fingerprint density at radius 1 is 0.931 bits per heavy atom. The highest BCUT2D eigenvalue weighted by Gasteiger charge is 2.37. The second-order valence-corrected chi connectivity index (χ2v) is 14.1. The van der Waals surface area contributed by atoms with Gasteiger partial charge in [0.25, 0.3) is 0 Å². The molecule has 0 N–H and O–H groups in total. The molecule has 0 aliphatic heterocycles. The molecule has 0 bridgehead atoms. The van der Waals surface area contributed by atoms with Gasteiger partial charge in [0, 0.05) is 46.7 Å². The van der Waals surface area contributed by atoms with Gasteiger partial charge in [0.05, 0.1) is 10.6 Å². The van der Waals surface area contributed by atoms with Gasteiger partial charge in [0.1, 0.15) is 9.84 Å². The molecule has 0 amide bonds. The number of hydrogen-bond acceptors (Lipinski definition) is 7. The second kappa shape index (κ2) is 11.5. The maximum atomic E-state index is 13.0. The molecule has 0 unspecified atom stereocenters. The van der Waals surface area contributed by atoms with E-state index in [1.165, 1.54) is 4.31 Å². The van der Waals surface area contributed by atoms with Crippen molar-refractivity contribution < 1.29 is 30.1 Å². The van der Waals surface area contributed by atoms with Crippen LogP contribution in [0.5, 0.6) is 0 Å². The summed E-state index contributed by atoms with van der Waals surface area (Å²) in [6.45, 7) is 2.41. The minimum absolute atomic E-state index is 0.0359. The largest absolute Gasteiger partial charge is 0.500 e. The van der Waals surface area contributed by atoms with E-state index in [0.717, 1.165) is 11.8 Å². The summed E-state index contributed by atoms with van der Waals surface area (Å²) in [6.07, 6.45) is 2.70. The van der Waals surface area contributed by atoms with Crippen molar-refractivity contribution in [2.45, 2.75) is 37.1 Å². The highest BCUT2D eigenvalue weighted by atomic mass is 32.2. The molecule has 0 heterocycles. The third-order valence-electron chi connectivity index (χ3n) is 4.61. The molecule has 1 aromatic carbocycles. The average Bonchev–Trinajstić information content (AvgIpc) is 2.68. The Morgan fingerprint density at radius 3 is 1.93 bits per heavy atom. The number of rotatable bonds is 14. The summed E-state index contributed by atoms with van der Waals surface area (Å²) < 4.78 is 66.2. The Morgan fingerprint density at radius 2 is 1.48 bits per heavy atom. The predicted octanol–water partition coefficient (Wildman–Crippen LogP) is 1.94. The van der Waals surface area contributed by atoms with Crippen molar-refractivity contribution in [3.05, 3.63) is 29.8 Å². The zero-order valence-corrected chi connectivity index (χ0v) is 20.5. The zero-order valence-electron chi connectivity index (χ0n) is 17.9. The summed E-state index contributed by atoms with van der Waals surface area (Å²) in [5, 5.41) is 0. The molecule has 0 radical (unpaired) electrons. The van der Waals surface area contributed by atoms with Crippen LogP contribution < -0.4 is 0 Å². The number of nitrogens with zero attached hydrogens (tertiary/aromatic N) is 1. The molecule has 0 saturated carbocycles. The van der Waals surface area contributed by atoms with Crippen LogP contribution in [0.1, 0.15) is 25.3 Å². The molecule has 168 valence electrons. The Balaban J connectivity index is 2.89. The van der Waals surface area contributed by atoms with E-state index in [-0.39, 0.29) is 23.6 Å². The number of sulfonamides is 1. The van der Waals surface area contributed by atoms with Crippen molar-refractivity contribution in [3.8, 4) is 0 Å². The van der Waals surface area contributed by atoms with Gasteiger partial charge in [-0.3, -0.25) is 0 Å². The molecule has 0 saturated heterocycles. The Hall–Kier alpha value is -0.823. The van der Waals surface area contributed by atoms with E-state index in [1.807, 2.05) is 6.92 Å². The molecule has 0 aliphatic rings. The van der Waals surface area contributed by atoms with Gasteiger partial charge in [-0.15, -0.1) is 0 Å². The summed E-state index contributed by atoms with van der Waals surface area (Å²) >= 11 is 0. The van der Waals surface area contributed by atoms with Gasteiger partial charge in [0.2, 0.25) is 10.0 Å². The fraction of sp³-hybridized carbons (Fsp3) is 0.667. The molecule has 29 heavy (non-hydrogen) atoms. The monoisotopic (exact) mass is 467 g/mol. The van der Waals surface area contributed by atoms with Crippen molar-refractivity contribution in [1.82, 2.24) is 4.31 Å². The minimum atomic E-state index is -3.68. The predicted molar refractivity (Wildman–Crippen MR) is 115 cm³/mol. The van der Waals surface area contributed by atoms with Crippen LogP contribution in [0.2, 0.25) is 6.04 Å². The normalized spacial score (nSPS) is 13.2. The van der Waals surface area contributed by atoms with Crippen molar-refractivity contribution >= 4 is 28.7 Å². The number of aryl methyl sites for hydroxylation is 1. The summed E-state index contributed by atoms with van der Waals surface area (Å²) in [5.41, 5.74) is 0.950. The van der Waals surface area contributed by atoms with E-state index in [2.05, 4.69) is 0 Å². The van der Waals surface area contributed by atoms with Crippen molar-refractivity contribution in [3.63, 3.8) is 0 Å². The SMILES string of the molecule is CCCN(CCCS(C)(=O)=O)S(=O)(=O)c1ccc(CC[Si](OC)(OC)OC)cc1. The lowest BCUT2D eigenvalue weighted by molar-refractivity contribution is 0.123. The Kier molecular flexibility index (Phi) is 10.4. The van der Waals surface area contributed by atoms with Crippen LogP contribution in [0.15, 0.2) is 29.2 Å². The molecule has 0 atom stereocenters. The lowest BCUT2D eigenvalue weighted by atomic mass is 10.2. The fourth-order valence-electron chi connectivity index (χ4n) is 2.94. The lowest BCUT2D eigenvalue weighted by Crippen LogP contribution is -2.43. The van der Waals surface area contributed by atoms with E-state index in [9.17, 15) is 16.8 Å². The van der Waals surface area contributed by atoms with Gasteiger partial charge < -0.3 is 13.3 Å². The van der Waals surface area contributed by atoms with Gasteiger partial charge in [-0.2, -0.15) is 4.31 Å². The van der Waals surface area contributed by atoms with Gasteiger partial charge in [-0.25, -0.2) is 16.8 Å². The van der Waals surface area contributed by atoms with Crippen LogP contribution >= 0.6 is 0 Å². The highest BCUT2D eigenvalue weighted by molar-refractivity contribution is 7.90. The average molecular weight is 468 g/mol. The smallest absolute Gasteiger partial charge is 0.377 e. The molecule has 0 aliphatic carbocycles. The van der Waals surface area contributed by atoms with E-state index >= 15 is 0 Å². The topological polar surface area (TPSA) is 99.2 Å².